The Kier molecular flexibility index (Phi) is 3.31. The largest absolute Gasteiger partial charge is 0.573 e. The molecule has 0 aliphatic rings. The Morgan fingerprint density at radius 3 is 2.50 bits per heavy atom. The molecule has 1 N–H and O–H groups in total. The van der Waals surface area contributed by atoms with Crippen LogP contribution in [0.5, 0.6) is 5.75 Å². The molecule has 4 nitrogen and oxygen atoms in total. The SMILES string of the molecule is O=Cc1cc(CF)c(OC(F)(F)F)c(=O)[nH]1. The van der Waals surface area contributed by atoms with Crippen molar-refractivity contribution in [2.45, 2.75) is 13.0 Å². The van der Waals surface area contributed by atoms with Gasteiger partial charge in [0.05, 0.1) is 5.69 Å². The molecule has 0 unspecified atom stereocenters. The maximum Gasteiger partial charge on any atom is 0.573 e. The molecule has 0 radical (unpaired) electrons. The molecule has 0 fully saturated rings. The maximum absolute atomic E-state index is 12.3. The van der Waals surface area contributed by atoms with E-state index in [1.54, 1.807) is 0 Å². The number of H-pyrrole nitrogens is 1. The Morgan fingerprint density at radius 1 is 1.44 bits per heavy atom. The van der Waals surface area contributed by atoms with Gasteiger partial charge in [-0.3, -0.25) is 9.59 Å². The van der Waals surface area contributed by atoms with E-state index in [0.717, 1.165) is 6.07 Å². The monoisotopic (exact) mass is 239 g/mol. The van der Waals surface area contributed by atoms with Gasteiger partial charge in [-0.1, -0.05) is 0 Å². The molecule has 8 heteroatoms. The minimum absolute atomic E-state index is 0.179. The topological polar surface area (TPSA) is 59.2 Å². The second kappa shape index (κ2) is 4.33. The van der Waals surface area contributed by atoms with Gasteiger partial charge in [-0.15, -0.1) is 13.2 Å². The second-order valence-electron chi connectivity index (χ2n) is 2.71. The predicted octanol–water partition coefficient (Wildman–Crippen LogP) is 1.56. The van der Waals surface area contributed by atoms with Crippen molar-refractivity contribution in [2.75, 3.05) is 0 Å². The lowest BCUT2D eigenvalue weighted by atomic mass is 10.2. The summed E-state index contributed by atoms with van der Waals surface area (Å²) in [5, 5.41) is 0. The molecule has 88 valence electrons. The van der Waals surface area contributed by atoms with E-state index in [1.807, 2.05) is 4.98 Å². The van der Waals surface area contributed by atoms with Gasteiger partial charge >= 0.3 is 6.36 Å². The van der Waals surface area contributed by atoms with Gasteiger partial charge in [-0.25, -0.2) is 4.39 Å². The fraction of sp³-hybridized carbons (Fsp3) is 0.250. The van der Waals surface area contributed by atoms with Crippen molar-refractivity contribution in [1.82, 2.24) is 4.98 Å². The van der Waals surface area contributed by atoms with Crippen LogP contribution in [0.4, 0.5) is 17.6 Å². The average Bonchev–Trinajstić information content (AvgIpc) is 2.19. The summed E-state index contributed by atoms with van der Waals surface area (Å²) in [6.07, 6.45) is -4.92. The number of aldehydes is 1. The van der Waals surface area contributed by atoms with Gasteiger partial charge in [-0.2, -0.15) is 0 Å². The Labute approximate surface area is 85.8 Å². The standard InChI is InChI=1S/C8H5F4NO3/c9-2-4-1-5(3-14)13-7(15)6(4)16-8(10,11)12/h1,3H,2H2,(H,13,15). The molecule has 0 aromatic carbocycles. The fourth-order valence-corrected chi connectivity index (χ4v) is 1.01. The summed E-state index contributed by atoms with van der Waals surface area (Å²) in [5.74, 6) is -1.19. The molecule has 0 bridgehead atoms. The molecule has 0 aliphatic heterocycles. The molecule has 1 heterocycles. The van der Waals surface area contributed by atoms with E-state index in [4.69, 9.17) is 0 Å². The van der Waals surface area contributed by atoms with Crippen LogP contribution in [0.3, 0.4) is 0 Å². The van der Waals surface area contributed by atoms with Gasteiger partial charge in [-0.05, 0) is 6.07 Å². The molecule has 0 saturated carbocycles. The Morgan fingerprint density at radius 2 is 2.06 bits per heavy atom. The Hall–Kier alpha value is -1.86. The smallest absolute Gasteiger partial charge is 0.399 e. The fourth-order valence-electron chi connectivity index (χ4n) is 1.01. The minimum Gasteiger partial charge on any atom is -0.399 e. The molecular formula is C8H5F4NO3. The summed E-state index contributed by atoms with van der Waals surface area (Å²) in [5.41, 5.74) is -2.27. The number of hydrogen-bond acceptors (Lipinski definition) is 3. The number of halogens is 4. The number of carbonyl (C=O) groups is 1. The molecule has 0 spiro atoms. The third kappa shape index (κ3) is 2.81. The lowest BCUT2D eigenvalue weighted by Crippen LogP contribution is -2.24. The quantitative estimate of drug-likeness (QED) is 0.643. The average molecular weight is 239 g/mol. The van der Waals surface area contributed by atoms with Crippen LogP contribution >= 0.6 is 0 Å². The number of rotatable bonds is 3. The molecule has 16 heavy (non-hydrogen) atoms. The van der Waals surface area contributed by atoms with E-state index in [9.17, 15) is 27.2 Å². The highest BCUT2D eigenvalue weighted by Gasteiger charge is 2.33. The van der Waals surface area contributed by atoms with Crippen molar-refractivity contribution >= 4 is 6.29 Å². The molecule has 1 aromatic heterocycles. The number of pyridine rings is 1. The highest BCUT2D eigenvalue weighted by Crippen LogP contribution is 2.23. The molecular weight excluding hydrogens is 234 g/mol. The van der Waals surface area contributed by atoms with E-state index in [-0.39, 0.29) is 12.0 Å². The normalized spacial score (nSPS) is 11.2. The maximum atomic E-state index is 12.3. The predicted molar refractivity (Wildman–Crippen MR) is 43.9 cm³/mol. The third-order valence-corrected chi connectivity index (χ3v) is 1.57. The number of aromatic amines is 1. The number of nitrogens with one attached hydrogen (secondary N) is 1. The van der Waals surface area contributed by atoms with Crippen molar-refractivity contribution in [3.63, 3.8) is 0 Å². The van der Waals surface area contributed by atoms with Gasteiger partial charge in [0, 0.05) is 5.56 Å². The summed E-state index contributed by atoms with van der Waals surface area (Å²) >= 11 is 0. The zero-order chi connectivity index (χ0) is 12.3. The molecule has 0 amide bonds. The van der Waals surface area contributed by atoms with Gasteiger partial charge in [0.1, 0.15) is 6.67 Å². The molecule has 0 atom stereocenters. The van der Waals surface area contributed by atoms with Gasteiger partial charge in [0.15, 0.2) is 12.0 Å². The van der Waals surface area contributed by atoms with E-state index in [1.165, 1.54) is 0 Å². The zero-order valence-corrected chi connectivity index (χ0v) is 7.60. The number of aromatic nitrogens is 1. The first-order chi connectivity index (χ1) is 7.37. The first-order valence-corrected chi connectivity index (χ1v) is 3.90. The van der Waals surface area contributed by atoms with Crippen LogP contribution in [0, 0.1) is 0 Å². The summed E-state index contributed by atoms with van der Waals surface area (Å²) in [7, 11) is 0. The summed E-state index contributed by atoms with van der Waals surface area (Å²) in [6, 6.07) is 0.773. The minimum atomic E-state index is -5.10. The Bertz CT molecular complexity index is 452. The second-order valence-corrected chi connectivity index (χ2v) is 2.71. The first-order valence-electron chi connectivity index (χ1n) is 3.90. The zero-order valence-electron chi connectivity index (χ0n) is 7.60. The number of ether oxygens (including phenoxy) is 1. The summed E-state index contributed by atoms with van der Waals surface area (Å²) < 4.78 is 51.3. The lowest BCUT2D eigenvalue weighted by molar-refractivity contribution is -0.275. The van der Waals surface area contributed by atoms with Gasteiger partial charge in [0.25, 0.3) is 5.56 Å². The summed E-state index contributed by atoms with van der Waals surface area (Å²) in [6.45, 7) is -1.35. The van der Waals surface area contributed by atoms with Crippen LogP contribution < -0.4 is 10.3 Å². The molecule has 0 aliphatic carbocycles. The first kappa shape index (κ1) is 12.2. The third-order valence-electron chi connectivity index (χ3n) is 1.57. The lowest BCUT2D eigenvalue weighted by Gasteiger charge is -2.10. The van der Waals surface area contributed by atoms with Crippen molar-refractivity contribution in [1.29, 1.82) is 0 Å². The molecule has 0 saturated heterocycles. The number of carbonyl (C=O) groups excluding carboxylic acids is 1. The van der Waals surface area contributed by atoms with Crippen molar-refractivity contribution in [2.24, 2.45) is 0 Å². The van der Waals surface area contributed by atoms with E-state index < -0.39 is 29.9 Å². The van der Waals surface area contributed by atoms with Crippen LogP contribution in [-0.2, 0) is 6.67 Å². The van der Waals surface area contributed by atoms with Crippen LogP contribution in [-0.4, -0.2) is 17.6 Å². The van der Waals surface area contributed by atoms with Gasteiger partial charge < -0.3 is 9.72 Å². The van der Waals surface area contributed by atoms with Crippen molar-refractivity contribution in [3.05, 3.63) is 27.7 Å². The molecule has 1 rings (SSSR count). The van der Waals surface area contributed by atoms with Crippen LogP contribution in [0.15, 0.2) is 10.9 Å². The van der Waals surface area contributed by atoms with E-state index in [0.29, 0.717) is 0 Å². The number of hydrogen-bond donors (Lipinski definition) is 1. The van der Waals surface area contributed by atoms with Crippen LogP contribution in [0.1, 0.15) is 16.1 Å². The highest BCUT2D eigenvalue weighted by molar-refractivity contribution is 5.72. The number of alkyl halides is 4. The van der Waals surface area contributed by atoms with Crippen LogP contribution in [0.2, 0.25) is 0 Å². The summed E-state index contributed by atoms with van der Waals surface area (Å²) in [4.78, 5) is 23.1. The highest BCUT2D eigenvalue weighted by atomic mass is 19.4. The van der Waals surface area contributed by atoms with Crippen molar-refractivity contribution < 1.29 is 27.1 Å². The Balaban J connectivity index is 3.27. The van der Waals surface area contributed by atoms with E-state index in [2.05, 4.69) is 4.74 Å². The van der Waals surface area contributed by atoms with Crippen LogP contribution in [0.25, 0.3) is 0 Å². The van der Waals surface area contributed by atoms with E-state index >= 15 is 0 Å². The molecule has 1 aromatic rings. The van der Waals surface area contributed by atoms with Crippen molar-refractivity contribution in [3.8, 4) is 5.75 Å². The van der Waals surface area contributed by atoms with Gasteiger partial charge in [0.2, 0.25) is 0 Å².